The van der Waals surface area contributed by atoms with Crippen LogP contribution >= 0.6 is 43.2 Å². The van der Waals surface area contributed by atoms with Gasteiger partial charge in [-0.15, -0.1) is 11.3 Å². The average Bonchev–Trinajstić information content (AvgIpc) is 3.13. The molecule has 0 saturated carbocycles. The molecule has 1 atom stereocenters. The fraction of sp³-hybridized carbons (Fsp3) is 0.200. The Morgan fingerprint density at radius 3 is 2.71 bits per heavy atom. The molecule has 0 aliphatic carbocycles. The third kappa shape index (κ3) is 3.73. The van der Waals surface area contributed by atoms with Crippen molar-refractivity contribution in [2.24, 2.45) is 0 Å². The number of anilines is 1. The van der Waals surface area contributed by atoms with E-state index in [-0.39, 0.29) is 6.79 Å². The summed E-state index contributed by atoms with van der Waals surface area (Å²) >= 11 is 7.84. The third-order valence-electron chi connectivity index (χ3n) is 3.14. The summed E-state index contributed by atoms with van der Waals surface area (Å²) in [5.74, 6) is 0.198. The highest BCUT2D eigenvalue weighted by Crippen LogP contribution is 2.34. The Morgan fingerprint density at radius 1 is 1.25 bits per heavy atom. The van der Waals surface area contributed by atoms with Crippen LogP contribution in [0.2, 0.25) is 0 Å². The molecule has 1 aromatic heterocycles. The number of thiophene rings is 1. The van der Waals surface area contributed by atoms with E-state index in [4.69, 9.17) is 14.2 Å². The number of amides is 1. The van der Waals surface area contributed by atoms with Crippen LogP contribution < -0.4 is 14.8 Å². The molecule has 0 fully saturated rings. The number of rotatable bonds is 4. The topological polar surface area (TPSA) is 73.9 Å². The van der Waals surface area contributed by atoms with E-state index in [0.717, 1.165) is 8.26 Å². The van der Waals surface area contributed by atoms with Crippen LogP contribution in [0.15, 0.2) is 32.5 Å². The number of fused-ring (bicyclic) bond motifs is 1. The van der Waals surface area contributed by atoms with Crippen molar-refractivity contribution >= 4 is 60.8 Å². The lowest BCUT2D eigenvalue weighted by Gasteiger charge is -2.13. The van der Waals surface area contributed by atoms with Gasteiger partial charge in [0.05, 0.1) is 3.79 Å². The van der Waals surface area contributed by atoms with Crippen molar-refractivity contribution in [3.8, 4) is 11.5 Å². The molecule has 0 saturated heterocycles. The van der Waals surface area contributed by atoms with E-state index in [9.17, 15) is 9.59 Å². The molecule has 24 heavy (non-hydrogen) atoms. The number of halogens is 2. The zero-order valence-electron chi connectivity index (χ0n) is 12.3. The molecule has 0 radical (unpaired) electrons. The van der Waals surface area contributed by atoms with Gasteiger partial charge in [-0.1, -0.05) is 0 Å². The fourth-order valence-electron chi connectivity index (χ4n) is 1.94. The molecule has 0 bridgehead atoms. The summed E-state index contributed by atoms with van der Waals surface area (Å²) in [5, 5.41) is 2.68. The Hall–Kier alpha value is -1.58. The van der Waals surface area contributed by atoms with Gasteiger partial charge in [0.15, 0.2) is 17.6 Å². The summed E-state index contributed by atoms with van der Waals surface area (Å²) in [4.78, 5) is 24.6. The smallest absolute Gasteiger partial charge is 0.349 e. The van der Waals surface area contributed by atoms with Crippen molar-refractivity contribution in [2.45, 2.75) is 13.0 Å². The molecule has 126 valence electrons. The van der Waals surface area contributed by atoms with Crippen LogP contribution in [-0.4, -0.2) is 24.8 Å². The molecule has 0 unspecified atom stereocenters. The van der Waals surface area contributed by atoms with E-state index in [2.05, 4.69) is 37.2 Å². The van der Waals surface area contributed by atoms with Crippen LogP contribution in [0.4, 0.5) is 5.69 Å². The molecule has 0 spiro atoms. The first-order chi connectivity index (χ1) is 11.4. The predicted molar refractivity (Wildman–Crippen MR) is 95.8 cm³/mol. The number of nitrogens with one attached hydrogen (secondary N) is 1. The molecule has 1 aliphatic rings. The maximum Gasteiger partial charge on any atom is 0.349 e. The first-order valence-corrected chi connectivity index (χ1v) is 9.20. The van der Waals surface area contributed by atoms with Crippen molar-refractivity contribution in [3.63, 3.8) is 0 Å². The van der Waals surface area contributed by atoms with Crippen LogP contribution in [0.1, 0.15) is 16.6 Å². The number of carbonyl (C=O) groups excluding carboxylic acids is 2. The number of hydrogen-bond donors (Lipinski definition) is 1. The quantitative estimate of drug-likeness (QED) is 0.670. The lowest BCUT2D eigenvalue weighted by atomic mass is 10.2. The second kappa shape index (κ2) is 7.12. The number of carbonyl (C=O) groups is 2. The van der Waals surface area contributed by atoms with Crippen molar-refractivity contribution in [2.75, 3.05) is 12.1 Å². The first kappa shape index (κ1) is 17.2. The normalized spacial score (nSPS) is 13.5. The lowest BCUT2D eigenvalue weighted by Crippen LogP contribution is -2.29. The molecule has 3 rings (SSSR count). The molecule has 1 aliphatic heterocycles. The van der Waals surface area contributed by atoms with E-state index < -0.39 is 18.0 Å². The Labute approximate surface area is 158 Å². The van der Waals surface area contributed by atoms with Crippen molar-refractivity contribution in [3.05, 3.63) is 37.4 Å². The summed E-state index contributed by atoms with van der Waals surface area (Å²) < 4.78 is 17.2. The second-order valence-corrected chi connectivity index (χ2v) is 8.06. The number of esters is 1. The summed E-state index contributed by atoms with van der Waals surface area (Å²) in [6, 6.07) is 6.69. The number of ether oxygens (including phenoxy) is 3. The minimum atomic E-state index is -0.942. The molecule has 2 aromatic rings. The fourth-order valence-corrected chi connectivity index (χ4v) is 3.86. The Kier molecular flexibility index (Phi) is 5.12. The van der Waals surface area contributed by atoms with Gasteiger partial charge in [0, 0.05) is 16.2 Å². The predicted octanol–water partition coefficient (Wildman–Crippen LogP) is 4.19. The van der Waals surface area contributed by atoms with E-state index in [1.165, 1.54) is 18.3 Å². The van der Waals surface area contributed by atoms with Gasteiger partial charge >= 0.3 is 5.97 Å². The Bertz CT molecular complexity index is 788. The summed E-state index contributed by atoms with van der Waals surface area (Å²) in [6.45, 7) is 1.67. The molecule has 2 heterocycles. The van der Waals surface area contributed by atoms with Gasteiger partial charge in [-0.05, 0) is 57.0 Å². The Balaban J connectivity index is 1.61. The molecule has 1 aromatic carbocycles. The van der Waals surface area contributed by atoms with Gasteiger partial charge in [-0.2, -0.15) is 0 Å². The highest BCUT2D eigenvalue weighted by molar-refractivity contribution is 9.13. The molecular weight excluding hydrogens is 466 g/mol. The standard InChI is InChI=1S/C15H11Br2NO5S/c1-7(23-15(20)12-5-9(16)13(17)24-12)14(19)18-8-2-3-10-11(4-8)22-6-21-10/h2-5,7H,6H2,1H3,(H,18,19)/t7-/m0/s1. The minimum Gasteiger partial charge on any atom is -0.454 e. The monoisotopic (exact) mass is 475 g/mol. The van der Waals surface area contributed by atoms with E-state index >= 15 is 0 Å². The van der Waals surface area contributed by atoms with E-state index in [0.29, 0.717) is 22.1 Å². The summed E-state index contributed by atoms with van der Waals surface area (Å²) in [6.07, 6.45) is -0.942. The average molecular weight is 477 g/mol. The molecule has 6 nitrogen and oxygen atoms in total. The van der Waals surface area contributed by atoms with E-state index in [1.54, 1.807) is 24.3 Å². The number of hydrogen-bond acceptors (Lipinski definition) is 6. The van der Waals surface area contributed by atoms with Gasteiger partial charge in [0.25, 0.3) is 5.91 Å². The summed E-state index contributed by atoms with van der Waals surface area (Å²) in [7, 11) is 0. The lowest BCUT2D eigenvalue weighted by molar-refractivity contribution is -0.123. The highest BCUT2D eigenvalue weighted by atomic mass is 79.9. The van der Waals surface area contributed by atoms with E-state index in [1.807, 2.05) is 0 Å². The zero-order chi connectivity index (χ0) is 17.3. The third-order valence-corrected chi connectivity index (χ3v) is 6.38. The molecular formula is C15H11Br2NO5S. The van der Waals surface area contributed by atoms with Gasteiger partial charge < -0.3 is 19.5 Å². The van der Waals surface area contributed by atoms with Crippen LogP contribution in [0, 0.1) is 0 Å². The molecule has 1 N–H and O–H groups in total. The maximum absolute atomic E-state index is 12.2. The van der Waals surface area contributed by atoms with Crippen LogP contribution in [0.3, 0.4) is 0 Å². The van der Waals surface area contributed by atoms with Crippen molar-refractivity contribution in [1.82, 2.24) is 0 Å². The van der Waals surface area contributed by atoms with Crippen LogP contribution in [-0.2, 0) is 9.53 Å². The number of benzene rings is 1. The maximum atomic E-state index is 12.2. The Morgan fingerprint density at radius 2 is 2.00 bits per heavy atom. The largest absolute Gasteiger partial charge is 0.454 e. The van der Waals surface area contributed by atoms with Gasteiger partial charge in [-0.25, -0.2) is 4.79 Å². The van der Waals surface area contributed by atoms with Gasteiger partial charge in [0.1, 0.15) is 4.88 Å². The summed E-state index contributed by atoms with van der Waals surface area (Å²) in [5.41, 5.74) is 0.536. The van der Waals surface area contributed by atoms with Gasteiger partial charge in [-0.3, -0.25) is 4.79 Å². The van der Waals surface area contributed by atoms with Crippen LogP contribution in [0.5, 0.6) is 11.5 Å². The second-order valence-electron chi connectivity index (χ2n) is 4.84. The molecule has 9 heteroatoms. The van der Waals surface area contributed by atoms with Gasteiger partial charge in [0.2, 0.25) is 6.79 Å². The van der Waals surface area contributed by atoms with Crippen molar-refractivity contribution < 1.29 is 23.8 Å². The minimum absolute atomic E-state index is 0.159. The van der Waals surface area contributed by atoms with Crippen molar-refractivity contribution in [1.29, 1.82) is 0 Å². The highest BCUT2D eigenvalue weighted by Gasteiger charge is 2.22. The first-order valence-electron chi connectivity index (χ1n) is 6.80. The SMILES string of the molecule is C[C@H](OC(=O)c1cc(Br)c(Br)s1)C(=O)Nc1ccc2c(c1)OCO2. The molecule has 1 amide bonds. The zero-order valence-corrected chi connectivity index (χ0v) is 16.3. The van der Waals surface area contributed by atoms with Crippen LogP contribution in [0.25, 0.3) is 0 Å².